The molecule has 1 heterocycles. The normalized spacial score (nSPS) is 22.1. The number of piperidine rings is 1. The lowest BCUT2D eigenvalue weighted by molar-refractivity contribution is 0.208. The van der Waals surface area contributed by atoms with Crippen molar-refractivity contribution in [1.82, 2.24) is 15.1 Å². The molecule has 1 aromatic carbocycles. The van der Waals surface area contributed by atoms with Crippen LogP contribution in [0.4, 0.5) is 4.39 Å². The van der Waals surface area contributed by atoms with E-state index >= 15 is 0 Å². The molecule has 0 aromatic heterocycles. The van der Waals surface area contributed by atoms with E-state index in [4.69, 9.17) is 0 Å². The predicted octanol–water partition coefficient (Wildman–Crippen LogP) is 2.94. The van der Waals surface area contributed by atoms with Gasteiger partial charge in [-0.1, -0.05) is 19.9 Å². The lowest BCUT2D eigenvalue weighted by Crippen LogP contribution is -2.48. The Hall–Kier alpha value is -1.62. The van der Waals surface area contributed by atoms with Crippen LogP contribution in [-0.4, -0.2) is 50.0 Å². The number of nitrogens with zero attached hydrogens (tertiary/aromatic N) is 3. The zero-order chi connectivity index (χ0) is 17.7. The van der Waals surface area contributed by atoms with Crippen molar-refractivity contribution in [3.05, 3.63) is 35.1 Å². The Morgan fingerprint density at radius 3 is 2.54 bits per heavy atom. The molecule has 1 saturated heterocycles. The quantitative estimate of drug-likeness (QED) is 0.678. The summed E-state index contributed by atoms with van der Waals surface area (Å²) in [5.41, 5.74) is 1.81. The number of guanidine groups is 1. The highest BCUT2D eigenvalue weighted by Gasteiger charge is 2.23. The van der Waals surface area contributed by atoms with Crippen LogP contribution >= 0.6 is 0 Å². The number of hydrogen-bond acceptors (Lipinski definition) is 2. The minimum atomic E-state index is -0.143. The third-order valence-corrected chi connectivity index (χ3v) is 4.43. The molecule has 1 aliphatic heterocycles. The molecule has 0 amide bonds. The van der Waals surface area contributed by atoms with E-state index < -0.39 is 0 Å². The summed E-state index contributed by atoms with van der Waals surface area (Å²) in [4.78, 5) is 8.75. The summed E-state index contributed by atoms with van der Waals surface area (Å²) < 4.78 is 13.9. The first-order chi connectivity index (χ1) is 11.4. The van der Waals surface area contributed by atoms with Gasteiger partial charge in [0.2, 0.25) is 0 Å². The van der Waals surface area contributed by atoms with Crippen LogP contribution in [0.5, 0.6) is 0 Å². The van der Waals surface area contributed by atoms with Crippen molar-refractivity contribution in [2.24, 2.45) is 16.8 Å². The van der Waals surface area contributed by atoms with Gasteiger partial charge in [-0.25, -0.2) is 4.39 Å². The summed E-state index contributed by atoms with van der Waals surface area (Å²) in [6.45, 7) is 7.94. The van der Waals surface area contributed by atoms with Gasteiger partial charge in [0.05, 0.1) is 0 Å². The molecule has 24 heavy (non-hydrogen) atoms. The Morgan fingerprint density at radius 2 is 1.96 bits per heavy atom. The van der Waals surface area contributed by atoms with Crippen molar-refractivity contribution < 1.29 is 4.39 Å². The topological polar surface area (TPSA) is 30.9 Å². The van der Waals surface area contributed by atoms with Crippen LogP contribution in [0.3, 0.4) is 0 Å². The zero-order valence-electron chi connectivity index (χ0n) is 15.6. The lowest BCUT2D eigenvalue weighted by atomic mass is 9.92. The third kappa shape index (κ3) is 5.20. The van der Waals surface area contributed by atoms with Crippen molar-refractivity contribution in [2.75, 3.05) is 34.2 Å². The summed E-state index contributed by atoms with van der Waals surface area (Å²) in [5, 5.41) is 3.44. The van der Waals surface area contributed by atoms with Crippen LogP contribution in [0.25, 0.3) is 0 Å². The summed E-state index contributed by atoms with van der Waals surface area (Å²) >= 11 is 0. The summed E-state index contributed by atoms with van der Waals surface area (Å²) in [7, 11) is 5.73. The molecule has 0 spiro atoms. The molecule has 2 atom stereocenters. The van der Waals surface area contributed by atoms with Gasteiger partial charge in [-0.3, -0.25) is 4.99 Å². The number of aliphatic imine (C=N–C) groups is 1. The average molecular weight is 334 g/mol. The highest BCUT2D eigenvalue weighted by molar-refractivity contribution is 5.80. The number of benzene rings is 1. The van der Waals surface area contributed by atoms with E-state index in [2.05, 4.69) is 29.1 Å². The first kappa shape index (κ1) is 18.7. The Bertz CT molecular complexity index is 560. The van der Waals surface area contributed by atoms with E-state index in [-0.39, 0.29) is 5.82 Å². The minimum Gasteiger partial charge on any atom is -0.352 e. The molecule has 1 fully saturated rings. The van der Waals surface area contributed by atoms with Gasteiger partial charge in [0.25, 0.3) is 0 Å². The molecule has 0 aliphatic carbocycles. The van der Waals surface area contributed by atoms with Gasteiger partial charge in [-0.2, -0.15) is 0 Å². The van der Waals surface area contributed by atoms with Crippen LogP contribution < -0.4 is 5.32 Å². The minimum absolute atomic E-state index is 0.143. The maximum Gasteiger partial charge on any atom is 0.193 e. The number of likely N-dealkylation sites (tertiary alicyclic amines) is 1. The van der Waals surface area contributed by atoms with Gasteiger partial charge in [-0.05, 0) is 50.0 Å². The van der Waals surface area contributed by atoms with Gasteiger partial charge in [0.1, 0.15) is 5.82 Å². The van der Waals surface area contributed by atoms with Crippen molar-refractivity contribution in [1.29, 1.82) is 0 Å². The molecular formula is C19H31FN4. The molecule has 0 radical (unpaired) electrons. The van der Waals surface area contributed by atoms with Gasteiger partial charge < -0.3 is 15.1 Å². The molecule has 4 nitrogen and oxygen atoms in total. The second-order valence-corrected chi connectivity index (χ2v) is 7.42. The molecule has 2 unspecified atom stereocenters. The highest BCUT2D eigenvalue weighted by atomic mass is 19.1. The smallest absolute Gasteiger partial charge is 0.193 e. The van der Waals surface area contributed by atoms with E-state index in [0.717, 1.165) is 30.2 Å². The van der Waals surface area contributed by atoms with E-state index in [1.165, 1.54) is 6.42 Å². The lowest BCUT2D eigenvalue weighted by Gasteiger charge is -2.37. The monoisotopic (exact) mass is 334 g/mol. The molecule has 1 aliphatic rings. The average Bonchev–Trinajstić information content (AvgIpc) is 2.49. The molecule has 0 saturated carbocycles. The van der Waals surface area contributed by atoms with Crippen LogP contribution in [-0.2, 0) is 13.1 Å². The first-order valence-electron chi connectivity index (χ1n) is 8.76. The van der Waals surface area contributed by atoms with Crippen LogP contribution in [0, 0.1) is 17.7 Å². The second kappa shape index (κ2) is 8.47. The fraction of sp³-hybridized carbons (Fsp3) is 0.632. The Morgan fingerprint density at radius 1 is 1.29 bits per heavy atom. The van der Waals surface area contributed by atoms with Gasteiger partial charge in [0.15, 0.2) is 5.96 Å². The maximum atomic E-state index is 13.9. The van der Waals surface area contributed by atoms with Crippen molar-refractivity contribution in [2.45, 2.75) is 33.4 Å². The standard InChI is InChI=1S/C19H31FN4/c1-14-8-15(2)12-24(11-14)19(21-3)22-10-16-6-7-18(20)17(9-16)13-23(4)5/h6-7,9,14-15H,8,10-13H2,1-5H3,(H,21,22). The Labute approximate surface area is 145 Å². The maximum absolute atomic E-state index is 13.9. The van der Waals surface area contributed by atoms with Gasteiger partial charge >= 0.3 is 0 Å². The number of nitrogens with one attached hydrogen (secondary N) is 1. The fourth-order valence-corrected chi connectivity index (χ4v) is 3.55. The molecule has 1 N–H and O–H groups in total. The molecule has 134 valence electrons. The summed E-state index contributed by atoms with van der Waals surface area (Å²) in [6.07, 6.45) is 1.28. The fourth-order valence-electron chi connectivity index (χ4n) is 3.55. The SMILES string of the molecule is CN=C(NCc1ccc(F)c(CN(C)C)c1)N1CC(C)CC(C)C1. The second-order valence-electron chi connectivity index (χ2n) is 7.42. The Balaban J connectivity index is 2.00. The summed E-state index contributed by atoms with van der Waals surface area (Å²) in [6, 6.07) is 5.34. The summed E-state index contributed by atoms with van der Waals surface area (Å²) in [5.74, 6) is 2.16. The predicted molar refractivity (Wildman–Crippen MR) is 98.5 cm³/mol. The Kier molecular flexibility index (Phi) is 6.60. The number of halogens is 1. The van der Waals surface area contributed by atoms with Crippen LogP contribution in [0.15, 0.2) is 23.2 Å². The number of rotatable bonds is 4. The van der Waals surface area contributed by atoms with E-state index in [1.54, 1.807) is 6.07 Å². The largest absolute Gasteiger partial charge is 0.352 e. The number of hydrogen-bond donors (Lipinski definition) is 1. The van der Waals surface area contributed by atoms with Crippen molar-refractivity contribution >= 4 is 5.96 Å². The molecule has 5 heteroatoms. The van der Waals surface area contributed by atoms with Gasteiger partial charge in [-0.15, -0.1) is 0 Å². The zero-order valence-corrected chi connectivity index (χ0v) is 15.6. The molecular weight excluding hydrogens is 303 g/mol. The third-order valence-electron chi connectivity index (χ3n) is 4.43. The first-order valence-corrected chi connectivity index (χ1v) is 8.76. The van der Waals surface area contributed by atoms with Gasteiger partial charge in [0, 0.05) is 38.8 Å². The highest BCUT2D eigenvalue weighted by Crippen LogP contribution is 2.21. The van der Waals surface area contributed by atoms with E-state index in [9.17, 15) is 4.39 Å². The van der Waals surface area contributed by atoms with Crippen LogP contribution in [0.1, 0.15) is 31.4 Å². The molecule has 1 aromatic rings. The van der Waals surface area contributed by atoms with Crippen molar-refractivity contribution in [3.63, 3.8) is 0 Å². The van der Waals surface area contributed by atoms with Crippen LogP contribution in [0.2, 0.25) is 0 Å². The van der Waals surface area contributed by atoms with E-state index in [0.29, 0.717) is 24.9 Å². The van der Waals surface area contributed by atoms with E-state index in [1.807, 2.05) is 38.2 Å². The van der Waals surface area contributed by atoms with Crippen molar-refractivity contribution in [3.8, 4) is 0 Å². The molecule has 2 rings (SSSR count). The molecule has 0 bridgehead atoms.